The molecule has 1 aromatic heterocycles. The van der Waals surface area contributed by atoms with Crippen molar-refractivity contribution >= 4 is 21.9 Å². The summed E-state index contributed by atoms with van der Waals surface area (Å²) in [6.07, 6.45) is 2.04. The molecule has 106 valence electrons. The van der Waals surface area contributed by atoms with Gasteiger partial charge in [0.15, 0.2) is 5.03 Å². The number of nitrogens with one attached hydrogen (secondary N) is 1. The van der Waals surface area contributed by atoms with Crippen molar-refractivity contribution in [3.63, 3.8) is 0 Å². The molecule has 1 aromatic rings. The average molecular weight is 290 g/mol. The fourth-order valence-electron chi connectivity index (χ4n) is 1.29. The van der Waals surface area contributed by atoms with Crippen LogP contribution in [0.3, 0.4) is 0 Å². The van der Waals surface area contributed by atoms with Crippen LogP contribution in [0.4, 0.5) is 0 Å². The zero-order valence-electron chi connectivity index (χ0n) is 10.1. The first-order valence-corrected chi connectivity index (χ1v) is 6.72. The second-order valence-corrected chi connectivity index (χ2v) is 5.56. The minimum Gasteiger partial charge on any atom is -0.480 e. The van der Waals surface area contributed by atoms with E-state index in [0.29, 0.717) is 0 Å². The SMILES string of the molecule is Cn1cnc(S(=O)(=O)N[C@H](CCC(N)=O)C(=O)O)c1. The molecule has 19 heavy (non-hydrogen) atoms. The Hall–Kier alpha value is -1.94. The molecule has 0 saturated heterocycles. The number of carbonyl (C=O) groups is 2. The number of carboxylic acids is 1. The third-order valence-corrected chi connectivity index (χ3v) is 3.59. The summed E-state index contributed by atoms with van der Waals surface area (Å²) >= 11 is 0. The third-order valence-electron chi connectivity index (χ3n) is 2.23. The van der Waals surface area contributed by atoms with Crippen LogP contribution in [-0.4, -0.2) is 41.0 Å². The maximum Gasteiger partial charge on any atom is 0.321 e. The van der Waals surface area contributed by atoms with Crippen molar-refractivity contribution in [1.82, 2.24) is 14.3 Å². The van der Waals surface area contributed by atoms with Crippen LogP contribution in [0.1, 0.15) is 12.8 Å². The fourth-order valence-corrected chi connectivity index (χ4v) is 2.50. The number of carboxylic acid groups (broad SMARTS) is 1. The number of amides is 1. The molecule has 0 fully saturated rings. The van der Waals surface area contributed by atoms with Crippen molar-refractivity contribution in [2.24, 2.45) is 12.8 Å². The zero-order chi connectivity index (χ0) is 14.6. The molecule has 1 heterocycles. The molecule has 1 atom stereocenters. The van der Waals surface area contributed by atoms with Gasteiger partial charge in [0.1, 0.15) is 6.04 Å². The second kappa shape index (κ2) is 5.80. The fraction of sp³-hybridized carbons (Fsp3) is 0.444. The van der Waals surface area contributed by atoms with E-state index in [1.165, 1.54) is 17.1 Å². The number of aromatic nitrogens is 2. The molecule has 9 nitrogen and oxygen atoms in total. The lowest BCUT2D eigenvalue weighted by atomic mass is 10.2. The number of hydrogen-bond acceptors (Lipinski definition) is 5. The highest BCUT2D eigenvalue weighted by Gasteiger charge is 2.26. The quantitative estimate of drug-likeness (QED) is 0.552. The molecule has 0 saturated carbocycles. The van der Waals surface area contributed by atoms with Crippen molar-refractivity contribution < 1.29 is 23.1 Å². The summed E-state index contributed by atoms with van der Waals surface area (Å²) in [4.78, 5) is 25.1. The molecule has 4 N–H and O–H groups in total. The zero-order valence-corrected chi connectivity index (χ0v) is 10.9. The van der Waals surface area contributed by atoms with E-state index in [0.717, 1.165) is 0 Å². The normalized spacial score (nSPS) is 13.1. The molecular formula is C9H14N4O5S. The number of imidazole rings is 1. The number of nitrogens with two attached hydrogens (primary N) is 1. The first-order valence-electron chi connectivity index (χ1n) is 5.24. The Bertz CT molecular complexity index is 579. The van der Waals surface area contributed by atoms with Gasteiger partial charge in [-0.25, -0.2) is 13.4 Å². The Morgan fingerprint density at radius 3 is 2.63 bits per heavy atom. The number of primary amides is 1. The van der Waals surface area contributed by atoms with Gasteiger partial charge in [0.05, 0.1) is 6.33 Å². The molecule has 1 rings (SSSR count). The minimum absolute atomic E-state index is 0.225. The van der Waals surface area contributed by atoms with Gasteiger partial charge in [-0.2, -0.15) is 4.72 Å². The van der Waals surface area contributed by atoms with E-state index in [9.17, 15) is 18.0 Å². The maximum atomic E-state index is 11.8. The molecule has 0 aliphatic carbocycles. The van der Waals surface area contributed by atoms with Crippen molar-refractivity contribution in [3.8, 4) is 0 Å². The molecule has 10 heteroatoms. The van der Waals surface area contributed by atoms with Crippen LogP contribution in [0.15, 0.2) is 17.6 Å². The highest BCUT2D eigenvalue weighted by Crippen LogP contribution is 2.07. The van der Waals surface area contributed by atoms with Crippen LogP contribution in [0.2, 0.25) is 0 Å². The Balaban J connectivity index is 2.84. The van der Waals surface area contributed by atoms with Crippen molar-refractivity contribution in [2.75, 3.05) is 0 Å². The predicted molar refractivity (Wildman–Crippen MR) is 63.4 cm³/mol. The van der Waals surface area contributed by atoms with Crippen LogP contribution in [0.25, 0.3) is 0 Å². The molecule has 1 amide bonds. The lowest BCUT2D eigenvalue weighted by molar-refractivity contribution is -0.139. The lowest BCUT2D eigenvalue weighted by Crippen LogP contribution is -2.41. The van der Waals surface area contributed by atoms with Crippen LogP contribution < -0.4 is 10.5 Å². The summed E-state index contributed by atoms with van der Waals surface area (Å²) in [7, 11) is -2.47. The lowest BCUT2D eigenvalue weighted by Gasteiger charge is -2.12. The van der Waals surface area contributed by atoms with Gasteiger partial charge in [0.2, 0.25) is 5.91 Å². The average Bonchev–Trinajstić information content (AvgIpc) is 2.71. The molecule has 0 aliphatic rings. The Labute approximate surface area is 109 Å². The highest BCUT2D eigenvalue weighted by molar-refractivity contribution is 7.89. The number of nitrogens with zero attached hydrogens (tertiary/aromatic N) is 2. The Morgan fingerprint density at radius 1 is 1.58 bits per heavy atom. The van der Waals surface area contributed by atoms with Gasteiger partial charge in [-0.05, 0) is 6.42 Å². The van der Waals surface area contributed by atoms with Gasteiger partial charge >= 0.3 is 5.97 Å². The van der Waals surface area contributed by atoms with Crippen LogP contribution >= 0.6 is 0 Å². The van der Waals surface area contributed by atoms with E-state index < -0.39 is 27.9 Å². The van der Waals surface area contributed by atoms with Gasteiger partial charge in [-0.1, -0.05) is 0 Å². The van der Waals surface area contributed by atoms with Crippen molar-refractivity contribution in [1.29, 1.82) is 0 Å². The predicted octanol–water partition coefficient (Wildman–Crippen LogP) is -1.58. The van der Waals surface area contributed by atoms with E-state index in [4.69, 9.17) is 10.8 Å². The summed E-state index contributed by atoms with van der Waals surface area (Å²) in [6.45, 7) is 0. The molecule has 0 aromatic carbocycles. The summed E-state index contributed by atoms with van der Waals surface area (Å²) in [5.74, 6) is -2.09. The first-order chi connectivity index (χ1) is 8.72. The topological polar surface area (TPSA) is 144 Å². The monoisotopic (exact) mass is 290 g/mol. The van der Waals surface area contributed by atoms with E-state index in [2.05, 4.69) is 4.98 Å². The number of aliphatic carboxylic acids is 1. The van der Waals surface area contributed by atoms with E-state index >= 15 is 0 Å². The summed E-state index contributed by atoms with van der Waals surface area (Å²) in [5, 5.41) is 8.61. The molecule has 0 unspecified atom stereocenters. The van der Waals surface area contributed by atoms with E-state index in [1.807, 2.05) is 4.72 Å². The molecule has 0 bridgehead atoms. The number of carbonyl (C=O) groups excluding carboxylic acids is 1. The molecule has 0 radical (unpaired) electrons. The number of sulfonamides is 1. The van der Waals surface area contributed by atoms with E-state index in [1.54, 1.807) is 7.05 Å². The molecule has 0 spiro atoms. The number of hydrogen-bond donors (Lipinski definition) is 3. The van der Waals surface area contributed by atoms with Crippen LogP contribution in [0, 0.1) is 0 Å². The van der Waals surface area contributed by atoms with Gasteiger partial charge in [0.25, 0.3) is 10.0 Å². The number of aryl methyl sites for hydroxylation is 1. The Kier molecular flexibility index (Phi) is 4.62. The smallest absolute Gasteiger partial charge is 0.321 e. The van der Waals surface area contributed by atoms with Gasteiger partial charge < -0.3 is 15.4 Å². The van der Waals surface area contributed by atoms with Crippen molar-refractivity contribution in [3.05, 3.63) is 12.5 Å². The van der Waals surface area contributed by atoms with Crippen LogP contribution in [0.5, 0.6) is 0 Å². The number of rotatable bonds is 7. The second-order valence-electron chi connectivity index (χ2n) is 3.89. The highest BCUT2D eigenvalue weighted by atomic mass is 32.2. The maximum absolute atomic E-state index is 11.8. The van der Waals surface area contributed by atoms with Gasteiger partial charge in [-0.15, -0.1) is 0 Å². The summed E-state index contributed by atoms with van der Waals surface area (Å²) in [5.41, 5.74) is 4.89. The summed E-state index contributed by atoms with van der Waals surface area (Å²) in [6, 6.07) is -1.43. The summed E-state index contributed by atoms with van der Waals surface area (Å²) < 4.78 is 27.1. The molecule has 0 aliphatic heterocycles. The van der Waals surface area contributed by atoms with Crippen LogP contribution in [-0.2, 0) is 26.7 Å². The third kappa shape index (κ3) is 4.34. The van der Waals surface area contributed by atoms with Gasteiger partial charge in [0, 0.05) is 19.7 Å². The standard InChI is InChI=1S/C9H14N4O5S/c1-13-4-8(11-5-13)19(17,18)12-6(9(15)16)2-3-7(10)14/h4-6,12H,2-3H2,1H3,(H2,10,14)(H,15,16)/t6-/m1/s1. The Morgan fingerprint density at radius 2 is 2.21 bits per heavy atom. The van der Waals surface area contributed by atoms with Crippen molar-refractivity contribution in [2.45, 2.75) is 23.9 Å². The minimum atomic E-state index is -4.05. The molecular weight excluding hydrogens is 276 g/mol. The first kappa shape index (κ1) is 15.1. The van der Waals surface area contributed by atoms with Gasteiger partial charge in [-0.3, -0.25) is 9.59 Å². The van der Waals surface area contributed by atoms with E-state index in [-0.39, 0.29) is 17.9 Å². The largest absolute Gasteiger partial charge is 0.480 e.